The molecule has 1 aromatic heterocycles. The molecule has 3 nitrogen and oxygen atoms in total. The van der Waals surface area contributed by atoms with E-state index in [9.17, 15) is 4.79 Å². The average Bonchev–Trinajstić information content (AvgIpc) is 2.12. The first-order valence-corrected chi connectivity index (χ1v) is 4.06. The average molecular weight is 174 g/mol. The van der Waals surface area contributed by atoms with E-state index in [2.05, 4.69) is 4.98 Å². The Hall–Kier alpha value is -1.77. The van der Waals surface area contributed by atoms with Gasteiger partial charge in [-0.3, -0.25) is 4.79 Å². The van der Waals surface area contributed by atoms with Crippen LogP contribution in [0.2, 0.25) is 0 Å². The molecule has 1 aromatic carbocycles. The first-order chi connectivity index (χ1) is 6.18. The molecule has 0 radical (unpaired) electrons. The summed E-state index contributed by atoms with van der Waals surface area (Å²) in [6.07, 6.45) is 0. The lowest BCUT2D eigenvalue weighted by atomic mass is 10.1. The Morgan fingerprint density at radius 3 is 2.77 bits per heavy atom. The van der Waals surface area contributed by atoms with Crippen molar-refractivity contribution < 1.29 is 0 Å². The first kappa shape index (κ1) is 7.86. The highest BCUT2D eigenvalue weighted by Crippen LogP contribution is 2.20. The lowest BCUT2D eigenvalue weighted by Gasteiger charge is -2.03. The molecule has 0 atom stereocenters. The van der Waals surface area contributed by atoms with Gasteiger partial charge < -0.3 is 10.7 Å². The number of benzene rings is 1. The van der Waals surface area contributed by atoms with Gasteiger partial charge in [0, 0.05) is 22.7 Å². The summed E-state index contributed by atoms with van der Waals surface area (Å²) in [5.74, 6) is 0. The quantitative estimate of drug-likeness (QED) is 0.593. The summed E-state index contributed by atoms with van der Waals surface area (Å²) in [6.45, 7) is 1.94. The highest BCUT2D eigenvalue weighted by molar-refractivity contribution is 5.86. The van der Waals surface area contributed by atoms with Crippen molar-refractivity contribution >= 4 is 16.6 Å². The molecule has 0 fully saturated rings. The van der Waals surface area contributed by atoms with Crippen LogP contribution in [-0.4, -0.2) is 4.98 Å². The van der Waals surface area contributed by atoms with Gasteiger partial charge in [0.2, 0.25) is 5.56 Å². The molecule has 0 saturated carbocycles. The summed E-state index contributed by atoms with van der Waals surface area (Å²) < 4.78 is 0. The lowest BCUT2D eigenvalue weighted by molar-refractivity contribution is 1.30. The Labute approximate surface area is 75.2 Å². The number of hydrogen-bond donors (Lipinski definition) is 2. The van der Waals surface area contributed by atoms with Crippen LogP contribution in [0.3, 0.4) is 0 Å². The van der Waals surface area contributed by atoms with Gasteiger partial charge in [0.25, 0.3) is 0 Å². The molecule has 2 rings (SSSR count). The van der Waals surface area contributed by atoms with Gasteiger partial charge in [0.15, 0.2) is 0 Å². The zero-order chi connectivity index (χ0) is 9.42. The second-order valence-corrected chi connectivity index (χ2v) is 3.06. The number of hydrogen-bond acceptors (Lipinski definition) is 2. The molecule has 13 heavy (non-hydrogen) atoms. The van der Waals surface area contributed by atoms with Gasteiger partial charge in [-0.05, 0) is 30.7 Å². The predicted molar refractivity (Wildman–Crippen MR) is 53.7 cm³/mol. The number of aromatic amines is 1. The summed E-state index contributed by atoms with van der Waals surface area (Å²) in [5, 5.41) is 1.000. The van der Waals surface area contributed by atoms with Gasteiger partial charge >= 0.3 is 0 Å². The van der Waals surface area contributed by atoms with Crippen molar-refractivity contribution in [2.45, 2.75) is 6.92 Å². The van der Waals surface area contributed by atoms with E-state index in [1.165, 1.54) is 6.07 Å². The van der Waals surface area contributed by atoms with E-state index in [0.29, 0.717) is 0 Å². The van der Waals surface area contributed by atoms with Crippen molar-refractivity contribution in [3.05, 3.63) is 40.2 Å². The molecule has 0 saturated heterocycles. The third-order valence-corrected chi connectivity index (χ3v) is 2.22. The Bertz CT molecular complexity index is 514. The Morgan fingerprint density at radius 1 is 1.23 bits per heavy atom. The van der Waals surface area contributed by atoms with Crippen LogP contribution in [0.15, 0.2) is 29.1 Å². The summed E-state index contributed by atoms with van der Waals surface area (Å²) >= 11 is 0. The molecule has 3 N–H and O–H groups in total. The molecular weight excluding hydrogens is 164 g/mol. The Morgan fingerprint density at radius 2 is 2.00 bits per heavy atom. The maximum Gasteiger partial charge on any atom is 0.248 e. The van der Waals surface area contributed by atoms with Gasteiger partial charge in [0.1, 0.15) is 0 Å². The summed E-state index contributed by atoms with van der Waals surface area (Å²) in [6, 6.07) is 6.92. The normalized spacial score (nSPS) is 10.5. The molecule has 66 valence electrons. The van der Waals surface area contributed by atoms with Crippen LogP contribution in [0.1, 0.15) is 5.56 Å². The Kier molecular flexibility index (Phi) is 1.59. The largest absolute Gasteiger partial charge is 0.398 e. The summed E-state index contributed by atoms with van der Waals surface area (Å²) in [7, 11) is 0. The number of aryl methyl sites for hydroxylation is 1. The van der Waals surface area contributed by atoms with E-state index >= 15 is 0 Å². The molecule has 2 aromatic rings. The number of rotatable bonds is 0. The second kappa shape index (κ2) is 2.62. The van der Waals surface area contributed by atoms with Crippen molar-refractivity contribution in [3.8, 4) is 0 Å². The third-order valence-electron chi connectivity index (χ3n) is 2.22. The fraction of sp³-hybridized carbons (Fsp3) is 0.100. The molecule has 0 amide bonds. The van der Waals surface area contributed by atoms with Crippen molar-refractivity contribution in [1.82, 2.24) is 4.98 Å². The molecule has 1 heterocycles. The van der Waals surface area contributed by atoms with Crippen LogP contribution >= 0.6 is 0 Å². The van der Waals surface area contributed by atoms with Crippen molar-refractivity contribution in [2.75, 3.05) is 5.73 Å². The van der Waals surface area contributed by atoms with Gasteiger partial charge in [-0.1, -0.05) is 0 Å². The minimum atomic E-state index is -0.0864. The van der Waals surface area contributed by atoms with Gasteiger partial charge in [-0.25, -0.2) is 0 Å². The number of nitrogens with one attached hydrogen (secondary N) is 1. The van der Waals surface area contributed by atoms with E-state index < -0.39 is 0 Å². The summed E-state index contributed by atoms with van der Waals surface area (Å²) in [4.78, 5) is 13.7. The fourth-order valence-corrected chi connectivity index (χ4v) is 1.40. The van der Waals surface area contributed by atoms with E-state index in [4.69, 9.17) is 5.73 Å². The maximum absolute atomic E-state index is 11.0. The first-order valence-electron chi connectivity index (χ1n) is 4.06. The number of nitrogens with two attached hydrogens (primary N) is 1. The van der Waals surface area contributed by atoms with E-state index in [0.717, 1.165) is 22.2 Å². The molecule has 0 aliphatic heterocycles. The number of H-pyrrole nitrogens is 1. The monoisotopic (exact) mass is 174 g/mol. The predicted octanol–water partition coefficient (Wildman–Crippen LogP) is 1.42. The minimum Gasteiger partial charge on any atom is -0.398 e. The van der Waals surface area contributed by atoms with Crippen molar-refractivity contribution in [3.63, 3.8) is 0 Å². The standard InChI is InChI=1S/C10H10N2O/c1-6-7-2-5-10(13)12-9(7)4-3-8(6)11/h2-5H,11H2,1H3,(H,12,13). The number of pyridine rings is 1. The zero-order valence-electron chi connectivity index (χ0n) is 7.29. The second-order valence-electron chi connectivity index (χ2n) is 3.06. The molecule has 0 unspecified atom stereocenters. The molecule has 3 heteroatoms. The summed E-state index contributed by atoms with van der Waals surface area (Å²) in [5.41, 5.74) is 8.24. The van der Waals surface area contributed by atoms with Crippen LogP contribution in [0.4, 0.5) is 5.69 Å². The fourth-order valence-electron chi connectivity index (χ4n) is 1.40. The van der Waals surface area contributed by atoms with Gasteiger partial charge in [-0.15, -0.1) is 0 Å². The Balaban J connectivity index is 2.95. The molecule has 0 aliphatic carbocycles. The van der Waals surface area contributed by atoms with Crippen molar-refractivity contribution in [2.24, 2.45) is 0 Å². The minimum absolute atomic E-state index is 0.0864. The smallest absolute Gasteiger partial charge is 0.248 e. The number of fused-ring (bicyclic) bond motifs is 1. The highest BCUT2D eigenvalue weighted by atomic mass is 16.1. The van der Waals surface area contributed by atoms with Crippen LogP contribution in [-0.2, 0) is 0 Å². The van der Waals surface area contributed by atoms with Gasteiger partial charge in [-0.2, -0.15) is 0 Å². The molecular formula is C10H10N2O. The molecule has 0 aliphatic rings. The number of nitrogen functional groups attached to an aromatic ring is 1. The SMILES string of the molecule is Cc1c(N)ccc2[nH]c(=O)ccc12. The lowest BCUT2D eigenvalue weighted by Crippen LogP contribution is -2.03. The van der Waals surface area contributed by atoms with E-state index in [1.54, 1.807) is 12.1 Å². The van der Waals surface area contributed by atoms with Crippen LogP contribution in [0, 0.1) is 6.92 Å². The number of anilines is 1. The molecule has 0 bridgehead atoms. The van der Waals surface area contributed by atoms with E-state index in [1.807, 2.05) is 13.0 Å². The topological polar surface area (TPSA) is 58.9 Å². The maximum atomic E-state index is 11.0. The third kappa shape index (κ3) is 1.18. The van der Waals surface area contributed by atoms with Gasteiger partial charge in [0.05, 0.1) is 0 Å². The molecule has 0 spiro atoms. The van der Waals surface area contributed by atoms with Crippen LogP contribution in [0.25, 0.3) is 10.9 Å². The highest BCUT2D eigenvalue weighted by Gasteiger charge is 2.00. The van der Waals surface area contributed by atoms with Crippen molar-refractivity contribution in [1.29, 1.82) is 0 Å². The van der Waals surface area contributed by atoms with E-state index in [-0.39, 0.29) is 5.56 Å². The number of aromatic nitrogens is 1. The van der Waals surface area contributed by atoms with Crippen LogP contribution in [0.5, 0.6) is 0 Å². The van der Waals surface area contributed by atoms with Crippen LogP contribution < -0.4 is 11.3 Å². The zero-order valence-corrected chi connectivity index (χ0v) is 7.29.